The Hall–Kier alpha value is -4.25. The monoisotopic (exact) mass is 629 g/mol. The Morgan fingerprint density at radius 1 is 1.04 bits per heavy atom. The third kappa shape index (κ3) is 5.81. The van der Waals surface area contributed by atoms with Crippen LogP contribution in [0.4, 0.5) is 5.69 Å². The lowest BCUT2D eigenvalue weighted by Crippen LogP contribution is -2.40. The van der Waals surface area contributed by atoms with Crippen LogP contribution in [0.5, 0.6) is 5.88 Å². The van der Waals surface area contributed by atoms with E-state index < -0.39 is 17.2 Å². The van der Waals surface area contributed by atoms with E-state index in [0.717, 1.165) is 77.0 Å². The van der Waals surface area contributed by atoms with Gasteiger partial charge in [-0.3, -0.25) is 14.2 Å². The third-order valence-electron chi connectivity index (χ3n) is 8.85. The van der Waals surface area contributed by atoms with Gasteiger partial charge in [-0.05, 0) is 61.4 Å². The number of aryl methyl sites for hydroxylation is 2. The molecule has 1 aliphatic carbocycles. The quantitative estimate of drug-likeness (QED) is 0.302. The molecule has 234 valence electrons. The van der Waals surface area contributed by atoms with Crippen LogP contribution in [0.1, 0.15) is 52.4 Å². The van der Waals surface area contributed by atoms with Gasteiger partial charge >= 0.3 is 5.69 Å². The first kappa shape index (κ1) is 30.8. The van der Waals surface area contributed by atoms with Crippen molar-refractivity contribution in [2.45, 2.75) is 44.7 Å². The van der Waals surface area contributed by atoms with Crippen molar-refractivity contribution in [1.29, 1.82) is 0 Å². The molecule has 45 heavy (non-hydrogen) atoms. The summed E-state index contributed by atoms with van der Waals surface area (Å²) in [6.07, 6.45) is 5.14. The van der Waals surface area contributed by atoms with E-state index in [0.29, 0.717) is 22.6 Å². The zero-order valence-electron chi connectivity index (χ0n) is 25.8. The van der Waals surface area contributed by atoms with Gasteiger partial charge in [-0.25, -0.2) is 9.78 Å². The molecular weight excluding hydrogens is 594 g/mol. The molecule has 10 nitrogen and oxygen atoms in total. The number of anilines is 1. The maximum atomic E-state index is 13.1. The molecule has 1 fully saturated rings. The molecule has 1 unspecified atom stereocenters. The minimum Gasteiger partial charge on any atom is -0.481 e. The molecule has 2 aliphatic rings. The first-order valence-corrected chi connectivity index (χ1v) is 15.4. The number of rotatable bonds is 7. The molecule has 11 heteroatoms. The van der Waals surface area contributed by atoms with Crippen molar-refractivity contribution in [2.24, 2.45) is 14.1 Å². The normalized spacial score (nSPS) is 16.4. The SMILES string of the molecule is COc1nc(-c2cccc(-c3cccc(NC(=O)c4cn(C)c(=O)n(C)c4=O)c3C)c2Cl)cc2c1C(NC1CCOCC1)CC2. The number of carbonyl (C=O) groups excluding carboxylic acids is 1. The molecule has 1 aliphatic heterocycles. The number of methoxy groups -OCH3 is 1. The van der Waals surface area contributed by atoms with Crippen molar-refractivity contribution >= 4 is 23.2 Å². The fraction of sp³-hybridized carbons (Fsp3) is 0.353. The van der Waals surface area contributed by atoms with Gasteiger partial charge in [0.2, 0.25) is 5.88 Å². The maximum Gasteiger partial charge on any atom is 0.330 e. The number of hydrogen-bond donors (Lipinski definition) is 2. The molecule has 0 radical (unpaired) electrons. The second-order valence-corrected chi connectivity index (χ2v) is 12.0. The molecule has 2 N–H and O–H groups in total. The highest BCUT2D eigenvalue weighted by Crippen LogP contribution is 2.43. The number of aromatic nitrogens is 3. The Morgan fingerprint density at radius 2 is 1.76 bits per heavy atom. The molecule has 1 atom stereocenters. The number of halogens is 1. The van der Waals surface area contributed by atoms with Crippen LogP contribution in [0.3, 0.4) is 0 Å². The zero-order valence-corrected chi connectivity index (χ0v) is 26.5. The smallest absolute Gasteiger partial charge is 0.330 e. The predicted molar refractivity (Wildman–Crippen MR) is 174 cm³/mol. The second kappa shape index (κ2) is 12.6. The summed E-state index contributed by atoms with van der Waals surface area (Å²) >= 11 is 7.11. The summed E-state index contributed by atoms with van der Waals surface area (Å²) in [4.78, 5) is 42.8. The first-order chi connectivity index (χ1) is 21.7. The summed E-state index contributed by atoms with van der Waals surface area (Å²) in [6, 6.07) is 14.1. The Labute approximate surface area is 266 Å². The van der Waals surface area contributed by atoms with Gasteiger partial charge in [-0.15, -0.1) is 0 Å². The van der Waals surface area contributed by atoms with E-state index in [1.165, 1.54) is 30.4 Å². The summed E-state index contributed by atoms with van der Waals surface area (Å²) < 4.78 is 13.5. The molecule has 0 saturated carbocycles. The number of carbonyl (C=O) groups is 1. The molecule has 4 aromatic rings. The van der Waals surface area contributed by atoms with Crippen LogP contribution in [-0.4, -0.2) is 46.4 Å². The first-order valence-electron chi connectivity index (χ1n) is 15.1. The van der Waals surface area contributed by atoms with Crippen molar-refractivity contribution in [3.05, 3.63) is 96.8 Å². The summed E-state index contributed by atoms with van der Waals surface area (Å²) in [5.41, 5.74) is 5.42. The minimum atomic E-state index is -0.664. The number of benzene rings is 2. The van der Waals surface area contributed by atoms with E-state index in [1.54, 1.807) is 13.2 Å². The average Bonchev–Trinajstić information content (AvgIpc) is 3.45. The van der Waals surface area contributed by atoms with Gasteiger partial charge in [0.05, 0.1) is 17.8 Å². The summed E-state index contributed by atoms with van der Waals surface area (Å²) in [5, 5.41) is 7.18. The van der Waals surface area contributed by atoms with Crippen LogP contribution >= 0.6 is 11.6 Å². The van der Waals surface area contributed by atoms with Crippen LogP contribution in [-0.2, 0) is 25.3 Å². The van der Waals surface area contributed by atoms with Gasteiger partial charge in [0, 0.05) is 68.0 Å². The van der Waals surface area contributed by atoms with Gasteiger partial charge in [0.25, 0.3) is 11.5 Å². The van der Waals surface area contributed by atoms with E-state index >= 15 is 0 Å². The topological polar surface area (TPSA) is 116 Å². The molecule has 0 bridgehead atoms. The van der Waals surface area contributed by atoms with Crippen LogP contribution in [0, 0.1) is 6.92 Å². The highest BCUT2D eigenvalue weighted by Gasteiger charge is 2.31. The van der Waals surface area contributed by atoms with Crippen LogP contribution in [0.15, 0.2) is 58.3 Å². The lowest BCUT2D eigenvalue weighted by Gasteiger charge is -2.27. The maximum absolute atomic E-state index is 13.1. The van der Waals surface area contributed by atoms with Gasteiger partial charge in [-0.1, -0.05) is 41.9 Å². The van der Waals surface area contributed by atoms with Crippen molar-refractivity contribution in [1.82, 2.24) is 19.4 Å². The minimum absolute atomic E-state index is 0.133. The summed E-state index contributed by atoms with van der Waals surface area (Å²) in [6.45, 7) is 3.45. The number of nitrogens with one attached hydrogen (secondary N) is 2. The van der Waals surface area contributed by atoms with Crippen molar-refractivity contribution in [3.8, 4) is 28.3 Å². The molecule has 3 heterocycles. The van der Waals surface area contributed by atoms with Crippen LogP contribution < -0.4 is 26.6 Å². The molecule has 1 saturated heterocycles. The second-order valence-electron chi connectivity index (χ2n) is 11.6. The van der Waals surface area contributed by atoms with E-state index in [9.17, 15) is 14.4 Å². The van der Waals surface area contributed by atoms with Gasteiger partial charge < -0.3 is 24.7 Å². The van der Waals surface area contributed by atoms with E-state index in [-0.39, 0.29) is 11.6 Å². The van der Waals surface area contributed by atoms with Gasteiger partial charge in [0.15, 0.2) is 0 Å². The molecule has 6 rings (SSSR count). The van der Waals surface area contributed by atoms with Crippen molar-refractivity contribution in [3.63, 3.8) is 0 Å². The molecular formula is C34H36ClN5O5. The number of fused-ring (bicyclic) bond motifs is 1. The fourth-order valence-corrected chi connectivity index (χ4v) is 6.69. The summed E-state index contributed by atoms with van der Waals surface area (Å²) in [5.74, 6) is 0.00169. The summed E-state index contributed by atoms with van der Waals surface area (Å²) in [7, 11) is 4.49. The molecule has 0 spiro atoms. The lowest BCUT2D eigenvalue weighted by molar-refractivity contribution is 0.0747. The Morgan fingerprint density at radius 3 is 2.51 bits per heavy atom. The molecule has 1 amide bonds. The number of amides is 1. The number of ether oxygens (including phenoxy) is 2. The van der Waals surface area contributed by atoms with Gasteiger partial charge in [0.1, 0.15) is 5.56 Å². The molecule has 2 aromatic carbocycles. The average molecular weight is 630 g/mol. The molecule has 2 aromatic heterocycles. The number of pyridine rings is 1. The van der Waals surface area contributed by atoms with Crippen molar-refractivity contribution < 1.29 is 14.3 Å². The number of nitrogens with zero attached hydrogens (tertiary/aromatic N) is 3. The van der Waals surface area contributed by atoms with Crippen LogP contribution in [0.25, 0.3) is 22.4 Å². The Kier molecular flexibility index (Phi) is 8.63. The third-order valence-corrected chi connectivity index (χ3v) is 9.26. The lowest BCUT2D eigenvalue weighted by atomic mass is 9.96. The van der Waals surface area contributed by atoms with Crippen LogP contribution in [0.2, 0.25) is 5.02 Å². The Balaban J connectivity index is 1.32. The zero-order chi connectivity index (χ0) is 31.8. The van der Waals surface area contributed by atoms with E-state index in [1.807, 2.05) is 37.3 Å². The standard InChI is InChI=1S/C34H36ClN5O5/c1-19-22(7-6-10-26(19)37-31(41)25-18-39(2)34(43)40(3)33(25)42)23-8-5-9-24(30(23)35)28-17-20-11-12-27(29(20)32(38-28)44-4)36-21-13-15-45-16-14-21/h5-10,17-18,21,27,36H,11-16H2,1-4H3,(H,37,41). The van der Waals surface area contributed by atoms with E-state index in [2.05, 4.69) is 16.7 Å². The van der Waals surface area contributed by atoms with Gasteiger partial charge in [-0.2, -0.15) is 0 Å². The predicted octanol–water partition coefficient (Wildman–Crippen LogP) is 4.79. The number of hydrogen-bond acceptors (Lipinski definition) is 7. The van der Waals surface area contributed by atoms with E-state index in [4.69, 9.17) is 26.1 Å². The van der Waals surface area contributed by atoms with Crippen molar-refractivity contribution in [2.75, 3.05) is 25.6 Å². The fourth-order valence-electron chi connectivity index (χ4n) is 6.37. The highest BCUT2D eigenvalue weighted by molar-refractivity contribution is 6.36. The highest BCUT2D eigenvalue weighted by atomic mass is 35.5. The largest absolute Gasteiger partial charge is 0.481 e. The Bertz CT molecular complexity index is 1910.